The molecule has 5 rings (SSSR count). The number of phenolic OH excluding ortho intramolecular Hbond substituents is 7. The predicted molar refractivity (Wildman–Crippen MR) is 145 cm³/mol. The lowest BCUT2D eigenvalue weighted by Crippen LogP contribution is -2.21. The summed E-state index contributed by atoms with van der Waals surface area (Å²) < 4.78 is 37.1. The minimum Gasteiger partial charge on any atom is -0.504 e. The van der Waals surface area contributed by atoms with Crippen molar-refractivity contribution in [1.82, 2.24) is 4.72 Å². The standard InChI is InChI=1S/C28H17NO15S/c30-15-5-11(6-16(31)22(15)36)27(39)43-20-9-10(21(35)13-2-1-3-14-25(13)45(41,42)29-26(14)38)4-19(34)24(20)44-28(40)12-7-17(32)23(37)18(33)8-12/h1-9,30-34,36-37H,(H,29,38). The van der Waals surface area contributed by atoms with Gasteiger partial charge in [0.1, 0.15) is 4.90 Å². The first-order valence-electron chi connectivity index (χ1n) is 12.1. The Morgan fingerprint density at radius 2 is 1.13 bits per heavy atom. The molecule has 4 aromatic carbocycles. The van der Waals surface area contributed by atoms with E-state index in [0.717, 1.165) is 18.2 Å². The Hall–Kier alpha value is -6.49. The van der Waals surface area contributed by atoms with Crippen LogP contribution in [0.15, 0.2) is 59.5 Å². The second-order valence-electron chi connectivity index (χ2n) is 9.27. The molecule has 0 aromatic heterocycles. The number of benzene rings is 4. The molecule has 16 nitrogen and oxygen atoms in total. The normalized spacial score (nSPS) is 13.0. The molecule has 1 amide bonds. The van der Waals surface area contributed by atoms with Crippen LogP contribution in [0.3, 0.4) is 0 Å². The number of phenols is 7. The van der Waals surface area contributed by atoms with E-state index in [-0.39, 0.29) is 5.56 Å². The number of hydrogen-bond acceptors (Lipinski definition) is 15. The Kier molecular flexibility index (Phi) is 7.10. The fraction of sp³-hybridized carbons (Fsp3) is 0. The van der Waals surface area contributed by atoms with Gasteiger partial charge in [0, 0.05) is 11.1 Å². The van der Waals surface area contributed by atoms with Crippen molar-refractivity contribution >= 4 is 33.7 Å². The van der Waals surface area contributed by atoms with Crippen molar-refractivity contribution in [1.29, 1.82) is 0 Å². The van der Waals surface area contributed by atoms with Gasteiger partial charge in [0.2, 0.25) is 5.75 Å². The van der Waals surface area contributed by atoms with Crippen LogP contribution in [0.2, 0.25) is 0 Å². The summed E-state index contributed by atoms with van der Waals surface area (Å²) in [5.41, 5.74) is -2.56. The molecule has 1 heterocycles. The van der Waals surface area contributed by atoms with Crippen molar-refractivity contribution in [2.75, 3.05) is 0 Å². The molecule has 0 bridgehead atoms. The van der Waals surface area contributed by atoms with Crippen LogP contribution >= 0.6 is 0 Å². The summed E-state index contributed by atoms with van der Waals surface area (Å²) >= 11 is 0. The Labute approximate surface area is 250 Å². The molecule has 1 aliphatic rings. The molecule has 0 unspecified atom stereocenters. The van der Waals surface area contributed by atoms with Gasteiger partial charge in [0.25, 0.3) is 15.9 Å². The van der Waals surface area contributed by atoms with E-state index in [2.05, 4.69) is 0 Å². The topological polar surface area (TPSA) is 275 Å². The molecular weight excluding hydrogens is 622 g/mol. The van der Waals surface area contributed by atoms with E-state index < -0.39 is 113 Å². The van der Waals surface area contributed by atoms with Crippen molar-refractivity contribution in [2.45, 2.75) is 4.90 Å². The van der Waals surface area contributed by atoms with Crippen LogP contribution in [0.5, 0.6) is 51.7 Å². The molecule has 4 aromatic rings. The number of nitrogens with one attached hydrogen (secondary N) is 1. The van der Waals surface area contributed by atoms with Gasteiger partial charge in [0.15, 0.2) is 51.8 Å². The number of sulfonamides is 1. The van der Waals surface area contributed by atoms with Gasteiger partial charge in [-0.25, -0.2) is 22.7 Å². The van der Waals surface area contributed by atoms with Gasteiger partial charge in [-0.2, -0.15) is 0 Å². The monoisotopic (exact) mass is 639 g/mol. The second kappa shape index (κ2) is 10.7. The van der Waals surface area contributed by atoms with Gasteiger partial charge < -0.3 is 45.2 Å². The van der Waals surface area contributed by atoms with Crippen LogP contribution in [-0.4, -0.2) is 67.8 Å². The summed E-state index contributed by atoms with van der Waals surface area (Å²) in [7, 11) is -4.45. The average molecular weight is 640 g/mol. The van der Waals surface area contributed by atoms with Gasteiger partial charge in [-0.1, -0.05) is 6.07 Å². The SMILES string of the molecule is O=C(Oc1cc(C(=O)c2cccc3c2S(=O)(=O)NC3=O)cc(O)c1OC(=O)c1cc(O)c(O)c(O)c1)c1cc(O)c(O)c(O)c1. The maximum atomic E-state index is 13.5. The highest BCUT2D eigenvalue weighted by Crippen LogP contribution is 2.42. The smallest absolute Gasteiger partial charge is 0.344 e. The first-order chi connectivity index (χ1) is 21.1. The molecule has 45 heavy (non-hydrogen) atoms. The fourth-order valence-corrected chi connectivity index (χ4v) is 5.58. The van der Waals surface area contributed by atoms with Crippen molar-refractivity contribution in [3.8, 4) is 51.7 Å². The number of rotatable bonds is 6. The number of fused-ring (bicyclic) bond motifs is 1. The third kappa shape index (κ3) is 5.30. The summed E-state index contributed by atoms with van der Waals surface area (Å²) in [4.78, 5) is 50.8. The summed E-state index contributed by atoms with van der Waals surface area (Å²) in [6, 6.07) is 7.65. The summed E-state index contributed by atoms with van der Waals surface area (Å²) in [5.74, 6) is -13.4. The third-order valence-electron chi connectivity index (χ3n) is 6.31. The molecule has 0 saturated heterocycles. The van der Waals surface area contributed by atoms with Gasteiger partial charge in [0.05, 0.1) is 16.7 Å². The van der Waals surface area contributed by atoms with E-state index in [0.29, 0.717) is 30.3 Å². The highest BCUT2D eigenvalue weighted by atomic mass is 32.2. The van der Waals surface area contributed by atoms with E-state index in [1.54, 1.807) is 4.72 Å². The lowest BCUT2D eigenvalue weighted by Gasteiger charge is -2.15. The number of carbonyl (C=O) groups is 4. The molecule has 0 aliphatic carbocycles. The van der Waals surface area contributed by atoms with E-state index in [9.17, 15) is 63.3 Å². The zero-order valence-corrected chi connectivity index (χ0v) is 22.8. The molecule has 0 atom stereocenters. The second-order valence-corrected chi connectivity index (χ2v) is 10.9. The highest BCUT2D eigenvalue weighted by molar-refractivity contribution is 7.90. The Morgan fingerprint density at radius 1 is 0.644 bits per heavy atom. The average Bonchev–Trinajstić information content (AvgIpc) is 3.22. The molecule has 1 aliphatic heterocycles. The molecule has 17 heteroatoms. The van der Waals surface area contributed by atoms with E-state index in [1.165, 1.54) is 6.07 Å². The number of amides is 1. The largest absolute Gasteiger partial charge is 0.504 e. The van der Waals surface area contributed by atoms with Crippen LogP contribution in [0.4, 0.5) is 0 Å². The van der Waals surface area contributed by atoms with Crippen LogP contribution < -0.4 is 14.2 Å². The number of esters is 2. The quantitative estimate of drug-likeness (QED) is 0.0645. The lowest BCUT2D eigenvalue weighted by atomic mass is 10.00. The molecule has 0 fully saturated rings. The number of ketones is 1. The number of carbonyl (C=O) groups excluding carboxylic acids is 4. The van der Waals surface area contributed by atoms with Crippen molar-refractivity contribution in [3.63, 3.8) is 0 Å². The van der Waals surface area contributed by atoms with Crippen molar-refractivity contribution < 1.29 is 72.8 Å². The zero-order valence-electron chi connectivity index (χ0n) is 22.0. The first kappa shape index (κ1) is 30.0. The van der Waals surface area contributed by atoms with Crippen molar-refractivity contribution in [2.24, 2.45) is 0 Å². The van der Waals surface area contributed by atoms with Crippen LogP contribution in [0.1, 0.15) is 47.0 Å². The molecule has 0 saturated carbocycles. The van der Waals surface area contributed by atoms with Crippen LogP contribution in [-0.2, 0) is 10.0 Å². The molecule has 8 N–H and O–H groups in total. The summed E-state index contributed by atoms with van der Waals surface area (Å²) in [5, 5.41) is 69.0. The fourth-order valence-electron chi connectivity index (χ4n) is 4.22. The summed E-state index contributed by atoms with van der Waals surface area (Å²) in [6.07, 6.45) is 0. The number of hydrogen-bond donors (Lipinski definition) is 8. The molecule has 0 radical (unpaired) electrons. The molecule has 0 spiro atoms. The predicted octanol–water partition coefficient (Wildman–Crippen LogP) is 1.73. The van der Waals surface area contributed by atoms with E-state index >= 15 is 0 Å². The molecular formula is C28H17NO15S. The van der Waals surface area contributed by atoms with Gasteiger partial charge in [-0.3, -0.25) is 9.59 Å². The number of aromatic hydroxyl groups is 7. The zero-order chi connectivity index (χ0) is 33.0. The Balaban J connectivity index is 1.61. The van der Waals surface area contributed by atoms with Gasteiger partial charge in [-0.15, -0.1) is 0 Å². The minimum absolute atomic E-state index is 0.338. The third-order valence-corrected chi connectivity index (χ3v) is 7.74. The van der Waals surface area contributed by atoms with Crippen LogP contribution in [0.25, 0.3) is 0 Å². The minimum atomic E-state index is -4.45. The van der Waals surface area contributed by atoms with Gasteiger partial charge >= 0.3 is 11.9 Å². The van der Waals surface area contributed by atoms with Crippen LogP contribution in [0, 0.1) is 0 Å². The highest BCUT2D eigenvalue weighted by Gasteiger charge is 2.37. The Bertz CT molecular complexity index is 2060. The van der Waals surface area contributed by atoms with Gasteiger partial charge in [-0.05, 0) is 48.5 Å². The van der Waals surface area contributed by atoms with Crippen molar-refractivity contribution in [3.05, 3.63) is 82.4 Å². The molecule has 230 valence electrons. The maximum absolute atomic E-state index is 13.5. The van der Waals surface area contributed by atoms with E-state index in [4.69, 9.17) is 9.47 Å². The maximum Gasteiger partial charge on any atom is 0.344 e. The Morgan fingerprint density at radius 3 is 1.67 bits per heavy atom. The van der Waals surface area contributed by atoms with E-state index in [1.807, 2.05) is 0 Å². The summed E-state index contributed by atoms with van der Waals surface area (Å²) in [6.45, 7) is 0. The number of ether oxygens (including phenoxy) is 2. The first-order valence-corrected chi connectivity index (χ1v) is 13.6. The lowest BCUT2D eigenvalue weighted by molar-refractivity contribution is 0.0677.